The van der Waals surface area contributed by atoms with E-state index in [0.29, 0.717) is 19.6 Å². The van der Waals surface area contributed by atoms with Gasteiger partial charge >= 0.3 is 6.03 Å². The quantitative estimate of drug-likeness (QED) is 0.889. The fourth-order valence-electron chi connectivity index (χ4n) is 3.30. The molecule has 0 aromatic heterocycles. The maximum absolute atomic E-state index is 12.4. The Morgan fingerprint density at radius 3 is 2.68 bits per heavy atom. The first-order chi connectivity index (χ1) is 12.0. The molecule has 0 aliphatic carbocycles. The lowest BCUT2D eigenvalue weighted by molar-refractivity contribution is -0.153. The highest BCUT2D eigenvalue weighted by atomic mass is 16.5. The predicted molar refractivity (Wildman–Crippen MR) is 92.3 cm³/mol. The monoisotopic (exact) mass is 347 g/mol. The summed E-state index contributed by atoms with van der Waals surface area (Å²) in [4.78, 5) is 28.2. The van der Waals surface area contributed by atoms with Crippen molar-refractivity contribution in [2.75, 3.05) is 26.8 Å². The third-order valence-corrected chi connectivity index (χ3v) is 4.59. The number of nitrogens with zero attached hydrogens (tertiary/aromatic N) is 2. The minimum absolute atomic E-state index is 0.0387. The van der Waals surface area contributed by atoms with Crippen molar-refractivity contribution in [3.63, 3.8) is 0 Å². The van der Waals surface area contributed by atoms with Gasteiger partial charge in [-0.15, -0.1) is 0 Å². The van der Waals surface area contributed by atoms with Crippen LogP contribution in [0.5, 0.6) is 5.75 Å². The molecule has 0 saturated carbocycles. The average Bonchev–Trinajstić information content (AvgIpc) is 3.02. The second-order valence-corrected chi connectivity index (χ2v) is 6.80. The number of morpholine rings is 1. The smallest absolute Gasteiger partial charge is 0.317 e. The number of carbonyl (C=O) groups excluding carboxylic acids is 2. The van der Waals surface area contributed by atoms with Gasteiger partial charge in [0.25, 0.3) is 0 Å². The highest BCUT2D eigenvalue weighted by Gasteiger charge is 2.44. The number of hydrogen-bond donors (Lipinski definition) is 1. The maximum atomic E-state index is 12.4. The number of likely N-dealkylation sites (tertiary alicyclic amines) is 1. The zero-order valence-electron chi connectivity index (χ0n) is 14.9. The van der Waals surface area contributed by atoms with Gasteiger partial charge < -0.3 is 24.6 Å². The summed E-state index contributed by atoms with van der Waals surface area (Å²) in [6.07, 6.45) is -0.131. The van der Waals surface area contributed by atoms with Crippen LogP contribution in [0, 0.1) is 0 Å². The Morgan fingerprint density at radius 2 is 2.04 bits per heavy atom. The van der Waals surface area contributed by atoms with Gasteiger partial charge in [-0.3, -0.25) is 4.79 Å². The second kappa shape index (κ2) is 7.31. The van der Waals surface area contributed by atoms with Gasteiger partial charge in [-0.1, -0.05) is 12.1 Å². The lowest BCUT2D eigenvalue weighted by atomic mass is 10.1. The van der Waals surface area contributed by atoms with Gasteiger partial charge in [0, 0.05) is 19.1 Å². The molecule has 25 heavy (non-hydrogen) atoms. The minimum Gasteiger partial charge on any atom is -0.497 e. The fourth-order valence-corrected chi connectivity index (χ4v) is 3.30. The fraction of sp³-hybridized carbons (Fsp3) is 0.556. The molecule has 3 amide bonds. The van der Waals surface area contributed by atoms with Crippen molar-refractivity contribution in [2.24, 2.45) is 0 Å². The van der Waals surface area contributed by atoms with Crippen molar-refractivity contribution >= 4 is 11.9 Å². The van der Waals surface area contributed by atoms with Crippen LogP contribution in [0.1, 0.15) is 19.4 Å². The highest BCUT2D eigenvalue weighted by molar-refractivity contribution is 5.79. The Balaban J connectivity index is 1.70. The SMILES string of the molecule is COc1ccc(CN2C(=O)CO[C@@H]3CN(C(=O)NC(C)C)C[C@H]32)cc1. The molecule has 0 unspecified atom stereocenters. The zero-order valence-corrected chi connectivity index (χ0v) is 14.9. The molecule has 2 heterocycles. The molecule has 0 radical (unpaired) electrons. The third kappa shape index (κ3) is 3.87. The Hall–Kier alpha value is -2.28. The molecule has 2 aliphatic rings. The standard InChI is InChI=1S/C18H25N3O4/c1-12(2)19-18(23)20-9-15-16(10-20)25-11-17(22)21(15)8-13-4-6-14(24-3)7-5-13/h4-7,12,15-16H,8-11H2,1-3H3,(H,19,23)/t15-,16-/m1/s1. The van der Waals surface area contributed by atoms with Crippen LogP contribution in [0.2, 0.25) is 0 Å². The number of methoxy groups -OCH3 is 1. The normalized spacial score (nSPS) is 23.0. The number of hydrogen-bond acceptors (Lipinski definition) is 4. The van der Waals surface area contributed by atoms with Crippen molar-refractivity contribution in [1.82, 2.24) is 15.1 Å². The molecular weight excluding hydrogens is 322 g/mol. The first-order valence-corrected chi connectivity index (χ1v) is 8.57. The van der Waals surface area contributed by atoms with E-state index >= 15 is 0 Å². The minimum atomic E-state index is -0.131. The zero-order chi connectivity index (χ0) is 18.0. The Kier molecular flexibility index (Phi) is 5.13. The van der Waals surface area contributed by atoms with Crippen LogP contribution in [0.4, 0.5) is 4.79 Å². The number of fused-ring (bicyclic) bond motifs is 1. The first kappa shape index (κ1) is 17.5. The average molecular weight is 347 g/mol. The van der Waals surface area contributed by atoms with Crippen LogP contribution in [0.3, 0.4) is 0 Å². The van der Waals surface area contributed by atoms with Crippen LogP contribution in [0.25, 0.3) is 0 Å². The Labute approximate surface area is 147 Å². The summed E-state index contributed by atoms with van der Waals surface area (Å²) in [6.45, 7) is 5.43. The molecule has 136 valence electrons. The van der Waals surface area contributed by atoms with Crippen molar-refractivity contribution in [2.45, 2.75) is 38.6 Å². The van der Waals surface area contributed by atoms with Gasteiger partial charge in [-0.2, -0.15) is 0 Å². The van der Waals surface area contributed by atoms with Crippen LogP contribution in [-0.2, 0) is 16.1 Å². The number of carbonyl (C=O) groups is 2. The van der Waals surface area contributed by atoms with Crippen molar-refractivity contribution in [3.8, 4) is 5.75 Å². The van der Waals surface area contributed by atoms with E-state index < -0.39 is 0 Å². The molecule has 2 aliphatic heterocycles. The maximum Gasteiger partial charge on any atom is 0.317 e. The van der Waals surface area contributed by atoms with Gasteiger partial charge in [0.15, 0.2) is 0 Å². The number of nitrogens with one attached hydrogen (secondary N) is 1. The molecular formula is C18H25N3O4. The van der Waals surface area contributed by atoms with Gasteiger partial charge in [-0.25, -0.2) is 4.79 Å². The van der Waals surface area contributed by atoms with Crippen molar-refractivity contribution < 1.29 is 19.1 Å². The number of amides is 3. The van der Waals surface area contributed by atoms with Gasteiger partial charge in [0.05, 0.1) is 25.8 Å². The van der Waals surface area contributed by atoms with Crippen molar-refractivity contribution in [3.05, 3.63) is 29.8 Å². The van der Waals surface area contributed by atoms with E-state index in [0.717, 1.165) is 11.3 Å². The lowest BCUT2D eigenvalue weighted by Crippen LogP contribution is -2.53. The number of urea groups is 1. The van der Waals surface area contributed by atoms with E-state index in [9.17, 15) is 9.59 Å². The van der Waals surface area contributed by atoms with Crippen LogP contribution in [0.15, 0.2) is 24.3 Å². The third-order valence-electron chi connectivity index (χ3n) is 4.59. The highest BCUT2D eigenvalue weighted by Crippen LogP contribution is 2.26. The Bertz CT molecular complexity index is 632. The number of rotatable bonds is 4. The lowest BCUT2D eigenvalue weighted by Gasteiger charge is -2.36. The summed E-state index contributed by atoms with van der Waals surface area (Å²) in [6, 6.07) is 7.53. The summed E-state index contributed by atoms with van der Waals surface area (Å²) in [5, 5.41) is 2.90. The molecule has 1 aromatic carbocycles. The number of ether oxygens (including phenoxy) is 2. The van der Waals surface area contributed by atoms with Crippen molar-refractivity contribution in [1.29, 1.82) is 0 Å². The molecule has 7 heteroatoms. The molecule has 0 spiro atoms. The summed E-state index contributed by atoms with van der Waals surface area (Å²) in [7, 11) is 1.63. The van der Waals surface area contributed by atoms with E-state index in [1.54, 1.807) is 12.0 Å². The van der Waals surface area contributed by atoms with Crippen LogP contribution in [-0.4, -0.2) is 66.7 Å². The van der Waals surface area contributed by atoms with E-state index in [1.807, 2.05) is 43.0 Å². The largest absolute Gasteiger partial charge is 0.497 e. The molecule has 3 rings (SSSR count). The summed E-state index contributed by atoms with van der Waals surface area (Å²) < 4.78 is 10.8. The summed E-state index contributed by atoms with van der Waals surface area (Å²) in [5.74, 6) is 0.746. The molecule has 1 aromatic rings. The number of benzene rings is 1. The molecule has 7 nitrogen and oxygen atoms in total. The summed E-state index contributed by atoms with van der Waals surface area (Å²) >= 11 is 0. The topological polar surface area (TPSA) is 71.1 Å². The van der Waals surface area contributed by atoms with Gasteiger partial charge in [-0.05, 0) is 31.5 Å². The Morgan fingerprint density at radius 1 is 1.32 bits per heavy atom. The van der Waals surface area contributed by atoms with E-state index in [1.165, 1.54) is 0 Å². The first-order valence-electron chi connectivity index (χ1n) is 8.57. The van der Waals surface area contributed by atoms with E-state index in [-0.39, 0.29) is 36.7 Å². The van der Waals surface area contributed by atoms with Crippen LogP contribution < -0.4 is 10.1 Å². The van der Waals surface area contributed by atoms with Gasteiger partial charge in [0.1, 0.15) is 12.4 Å². The predicted octanol–water partition coefficient (Wildman–Crippen LogP) is 1.22. The van der Waals surface area contributed by atoms with E-state index in [2.05, 4.69) is 5.32 Å². The van der Waals surface area contributed by atoms with E-state index in [4.69, 9.17) is 9.47 Å². The molecule has 2 saturated heterocycles. The van der Waals surface area contributed by atoms with Crippen LogP contribution >= 0.6 is 0 Å². The molecule has 1 N–H and O–H groups in total. The summed E-state index contributed by atoms with van der Waals surface area (Å²) in [5.41, 5.74) is 1.03. The molecule has 2 fully saturated rings. The van der Waals surface area contributed by atoms with Gasteiger partial charge in [0.2, 0.25) is 5.91 Å². The molecule has 0 bridgehead atoms. The second-order valence-electron chi connectivity index (χ2n) is 6.80. The molecule has 2 atom stereocenters.